The molecule has 0 unspecified atom stereocenters. The molecule has 0 aliphatic heterocycles. The molecule has 31 heavy (non-hydrogen) atoms. The minimum Gasteiger partial charge on any atom is -0.493 e. The maximum absolute atomic E-state index is 14.5. The first-order valence-corrected chi connectivity index (χ1v) is 10.6. The SMILES string of the molecule is COc1ccc(S(=O)(=O)N(CC(=O)Nc2ccccc2)c2ccccc2F)cc1OC. The zero-order valence-electron chi connectivity index (χ0n) is 16.9. The molecule has 0 radical (unpaired) electrons. The summed E-state index contributed by atoms with van der Waals surface area (Å²) in [4.78, 5) is 12.4. The largest absolute Gasteiger partial charge is 0.493 e. The molecular weight excluding hydrogens is 423 g/mol. The quantitative estimate of drug-likeness (QED) is 0.573. The predicted octanol–water partition coefficient (Wildman–Crippen LogP) is 3.68. The molecule has 0 heterocycles. The van der Waals surface area contributed by atoms with Crippen molar-refractivity contribution in [3.05, 3.63) is 78.6 Å². The monoisotopic (exact) mass is 444 g/mol. The highest BCUT2D eigenvalue weighted by Gasteiger charge is 2.30. The van der Waals surface area contributed by atoms with Crippen LogP contribution in [0.2, 0.25) is 0 Å². The first-order chi connectivity index (χ1) is 14.9. The second-order valence-corrected chi connectivity index (χ2v) is 8.26. The van der Waals surface area contributed by atoms with E-state index in [4.69, 9.17) is 9.47 Å². The number of amides is 1. The lowest BCUT2D eigenvalue weighted by Gasteiger charge is -2.25. The number of nitrogens with zero attached hydrogens (tertiary/aromatic N) is 1. The summed E-state index contributed by atoms with van der Waals surface area (Å²) < 4.78 is 52.4. The summed E-state index contributed by atoms with van der Waals surface area (Å²) in [5.74, 6) is -0.885. The summed E-state index contributed by atoms with van der Waals surface area (Å²) in [6, 6.07) is 17.9. The van der Waals surface area contributed by atoms with Crippen molar-refractivity contribution in [3.63, 3.8) is 0 Å². The average Bonchev–Trinajstić information content (AvgIpc) is 2.78. The first-order valence-electron chi connectivity index (χ1n) is 9.21. The van der Waals surface area contributed by atoms with Crippen molar-refractivity contribution in [2.75, 3.05) is 30.4 Å². The van der Waals surface area contributed by atoms with E-state index in [0.29, 0.717) is 11.4 Å². The van der Waals surface area contributed by atoms with Gasteiger partial charge in [0.05, 0.1) is 24.8 Å². The van der Waals surface area contributed by atoms with Crippen LogP contribution < -0.4 is 19.1 Å². The Morgan fingerprint density at radius 3 is 2.23 bits per heavy atom. The van der Waals surface area contributed by atoms with Gasteiger partial charge in [-0.3, -0.25) is 9.10 Å². The molecule has 0 aliphatic rings. The fourth-order valence-corrected chi connectivity index (χ4v) is 4.35. The van der Waals surface area contributed by atoms with Crippen LogP contribution >= 0.6 is 0 Å². The number of carbonyl (C=O) groups excluding carboxylic acids is 1. The number of para-hydroxylation sites is 2. The third-order valence-corrected chi connectivity index (χ3v) is 6.16. The lowest BCUT2D eigenvalue weighted by molar-refractivity contribution is -0.114. The Morgan fingerprint density at radius 1 is 0.935 bits per heavy atom. The van der Waals surface area contributed by atoms with E-state index in [2.05, 4.69) is 5.32 Å². The summed E-state index contributed by atoms with van der Waals surface area (Å²) in [6.07, 6.45) is 0. The number of benzene rings is 3. The van der Waals surface area contributed by atoms with Crippen molar-refractivity contribution in [3.8, 4) is 11.5 Å². The molecule has 0 aliphatic carbocycles. The molecule has 0 saturated carbocycles. The molecular formula is C22H21FN2O5S. The lowest BCUT2D eigenvalue weighted by atomic mass is 10.3. The molecule has 1 N–H and O–H groups in total. The van der Waals surface area contributed by atoms with Crippen LogP contribution in [0.3, 0.4) is 0 Å². The van der Waals surface area contributed by atoms with Crippen molar-refractivity contribution in [2.24, 2.45) is 0 Å². The molecule has 0 atom stereocenters. The minimum atomic E-state index is -4.32. The minimum absolute atomic E-state index is 0.180. The standard InChI is InChI=1S/C22H21FN2O5S/c1-29-20-13-12-17(14-21(20)30-2)31(27,28)25(19-11-7-6-10-18(19)23)15-22(26)24-16-8-4-3-5-9-16/h3-14H,15H2,1-2H3,(H,24,26). The summed E-state index contributed by atoms with van der Waals surface area (Å²) >= 11 is 0. The first kappa shape index (κ1) is 22.1. The maximum Gasteiger partial charge on any atom is 0.265 e. The number of rotatable bonds is 8. The number of carbonyl (C=O) groups is 1. The van der Waals surface area contributed by atoms with E-state index in [1.807, 2.05) is 0 Å². The van der Waals surface area contributed by atoms with Crippen LogP contribution in [0.4, 0.5) is 15.8 Å². The Hall–Kier alpha value is -3.59. The Kier molecular flexibility index (Phi) is 6.76. The molecule has 0 saturated heterocycles. The summed E-state index contributed by atoms with van der Waals surface area (Å²) in [7, 11) is -1.53. The second-order valence-electron chi connectivity index (χ2n) is 6.39. The van der Waals surface area contributed by atoms with Gasteiger partial charge in [0.2, 0.25) is 5.91 Å². The molecule has 0 spiro atoms. The van der Waals surface area contributed by atoms with Gasteiger partial charge in [-0.05, 0) is 36.4 Å². The van der Waals surface area contributed by atoms with Gasteiger partial charge in [0.1, 0.15) is 12.4 Å². The molecule has 3 aromatic carbocycles. The van der Waals surface area contributed by atoms with Crippen molar-refractivity contribution in [1.82, 2.24) is 0 Å². The van der Waals surface area contributed by atoms with Crippen molar-refractivity contribution >= 4 is 27.3 Å². The molecule has 3 aromatic rings. The number of halogens is 1. The van der Waals surface area contributed by atoms with Gasteiger partial charge >= 0.3 is 0 Å². The average molecular weight is 444 g/mol. The molecule has 1 amide bonds. The van der Waals surface area contributed by atoms with Gasteiger partial charge in [-0.2, -0.15) is 0 Å². The molecule has 0 aromatic heterocycles. The number of sulfonamides is 1. The lowest BCUT2D eigenvalue weighted by Crippen LogP contribution is -2.38. The zero-order chi connectivity index (χ0) is 22.4. The summed E-state index contributed by atoms with van der Waals surface area (Å²) in [5, 5.41) is 2.61. The van der Waals surface area contributed by atoms with Crippen LogP contribution in [0.25, 0.3) is 0 Å². The second kappa shape index (κ2) is 9.48. The fraction of sp³-hybridized carbons (Fsp3) is 0.136. The Labute approximate surface area is 180 Å². The van der Waals surface area contributed by atoms with Gasteiger partial charge in [-0.1, -0.05) is 30.3 Å². The van der Waals surface area contributed by atoms with Crippen LogP contribution in [-0.4, -0.2) is 35.1 Å². The van der Waals surface area contributed by atoms with E-state index in [1.165, 1.54) is 50.6 Å². The van der Waals surface area contributed by atoms with Gasteiger partial charge < -0.3 is 14.8 Å². The highest BCUT2D eigenvalue weighted by molar-refractivity contribution is 7.92. The third kappa shape index (κ3) is 4.95. The van der Waals surface area contributed by atoms with Crippen LogP contribution in [0.1, 0.15) is 0 Å². The van der Waals surface area contributed by atoms with Gasteiger partial charge in [0, 0.05) is 11.8 Å². The number of anilines is 2. The highest BCUT2D eigenvalue weighted by atomic mass is 32.2. The Balaban J connectivity index is 2.01. The molecule has 3 rings (SSSR count). The van der Waals surface area contributed by atoms with Gasteiger partial charge in [-0.25, -0.2) is 12.8 Å². The van der Waals surface area contributed by atoms with Crippen molar-refractivity contribution < 1.29 is 27.1 Å². The number of hydrogen-bond donors (Lipinski definition) is 1. The Morgan fingerprint density at radius 2 is 1.58 bits per heavy atom. The smallest absolute Gasteiger partial charge is 0.265 e. The maximum atomic E-state index is 14.5. The van der Waals surface area contributed by atoms with Crippen LogP contribution in [-0.2, 0) is 14.8 Å². The van der Waals surface area contributed by atoms with E-state index in [-0.39, 0.29) is 16.3 Å². The molecule has 7 nitrogen and oxygen atoms in total. The summed E-state index contributed by atoms with van der Waals surface area (Å²) in [5.41, 5.74) is 0.241. The van der Waals surface area contributed by atoms with E-state index < -0.39 is 28.3 Å². The normalized spacial score (nSPS) is 10.9. The van der Waals surface area contributed by atoms with E-state index in [1.54, 1.807) is 30.3 Å². The highest BCUT2D eigenvalue weighted by Crippen LogP contribution is 2.32. The van der Waals surface area contributed by atoms with Crippen LogP contribution in [0, 0.1) is 5.82 Å². The van der Waals surface area contributed by atoms with Crippen molar-refractivity contribution in [1.29, 1.82) is 0 Å². The molecule has 9 heteroatoms. The predicted molar refractivity (Wildman–Crippen MR) is 116 cm³/mol. The van der Waals surface area contributed by atoms with E-state index >= 15 is 0 Å². The molecule has 162 valence electrons. The van der Waals surface area contributed by atoms with E-state index in [0.717, 1.165) is 10.4 Å². The Bertz CT molecular complexity index is 1170. The third-order valence-electron chi connectivity index (χ3n) is 4.41. The van der Waals surface area contributed by atoms with Crippen LogP contribution in [0.15, 0.2) is 77.7 Å². The number of methoxy groups -OCH3 is 2. The van der Waals surface area contributed by atoms with Crippen molar-refractivity contribution in [2.45, 2.75) is 4.90 Å². The van der Waals surface area contributed by atoms with Gasteiger partial charge in [0.15, 0.2) is 11.5 Å². The van der Waals surface area contributed by atoms with Crippen LogP contribution in [0.5, 0.6) is 11.5 Å². The molecule has 0 bridgehead atoms. The molecule has 0 fully saturated rings. The van der Waals surface area contributed by atoms with E-state index in [9.17, 15) is 17.6 Å². The topological polar surface area (TPSA) is 84.9 Å². The van der Waals surface area contributed by atoms with Gasteiger partial charge in [0.25, 0.3) is 10.0 Å². The number of hydrogen-bond acceptors (Lipinski definition) is 5. The fourth-order valence-electron chi connectivity index (χ4n) is 2.91. The number of ether oxygens (including phenoxy) is 2. The number of nitrogens with one attached hydrogen (secondary N) is 1. The zero-order valence-corrected chi connectivity index (χ0v) is 17.7. The summed E-state index contributed by atoms with van der Waals surface area (Å²) in [6.45, 7) is -0.632. The van der Waals surface area contributed by atoms with Gasteiger partial charge in [-0.15, -0.1) is 0 Å².